The van der Waals surface area contributed by atoms with E-state index in [1.807, 2.05) is 48.2 Å². The molecular formula is C18H20N2O. The number of nitrogens with zero attached hydrogens (tertiary/aromatic N) is 1. The fourth-order valence-corrected chi connectivity index (χ4v) is 2.94. The molecule has 2 aromatic carbocycles. The predicted octanol–water partition coefficient (Wildman–Crippen LogP) is 2.84. The number of amides is 1. The molecule has 1 amide bonds. The molecule has 0 aliphatic heterocycles. The van der Waals surface area contributed by atoms with Gasteiger partial charge in [-0.15, -0.1) is 0 Å². The first-order valence-corrected chi connectivity index (χ1v) is 7.42. The van der Waals surface area contributed by atoms with E-state index in [-0.39, 0.29) is 11.8 Å². The molecule has 2 aromatic rings. The van der Waals surface area contributed by atoms with Crippen LogP contribution in [0.4, 0.5) is 5.69 Å². The van der Waals surface area contributed by atoms with E-state index in [0.29, 0.717) is 13.1 Å². The van der Waals surface area contributed by atoms with Crippen molar-refractivity contribution in [3.05, 3.63) is 65.2 Å². The summed E-state index contributed by atoms with van der Waals surface area (Å²) >= 11 is 0. The van der Waals surface area contributed by atoms with Crippen molar-refractivity contribution in [2.24, 2.45) is 5.73 Å². The van der Waals surface area contributed by atoms with Gasteiger partial charge in [-0.1, -0.05) is 36.4 Å². The van der Waals surface area contributed by atoms with Gasteiger partial charge in [0, 0.05) is 18.8 Å². The van der Waals surface area contributed by atoms with Crippen molar-refractivity contribution in [1.82, 2.24) is 0 Å². The van der Waals surface area contributed by atoms with Gasteiger partial charge < -0.3 is 10.6 Å². The van der Waals surface area contributed by atoms with Gasteiger partial charge in [0.05, 0.1) is 5.92 Å². The minimum absolute atomic E-state index is 0.00957. The van der Waals surface area contributed by atoms with Crippen molar-refractivity contribution in [2.75, 3.05) is 11.4 Å². The Balaban J connectivity index is 1.82. The molecule has 0 bridgehead atoms. The Morgan fingerprint density at radius 2 is 1.90 bits per heavy atom. The van der Waals surface area contributed by atoms with Crippen LogP contribution in [0.5, 0.6) is 0 Å². The Morgan fingerprint density at radius 1 is 1.19 bits per heavy atom. The standard InChI is InChI=1S/C18H20N2O/c1-2-20(15-9-7-13(12-19)8-10-15)18(21)17-11-14-5-3-4-6-16(14)17/h3-10,17H,2,11-12,19H2,1H3. The molecule has 3 heteroatoms. The average molecular weight is 280 g/mol. The minimum atomic E-state index is 0.00957. The fourth-order valence-electron chi connectivity index (χ4n) is 2.94. The Hall–Kier alpha value is -2.13. The lowest BCUT2D eigenvalue weighted by molar-refractivity contribution is -0.120. The maximum atomic E-state index is 12.8. The van der Waals surface area contributed by atoms with E-state index in [9.17, 15) is 4.79 Å². The Bertz CT molecular complexity index is 649. The third kappa shape index (κ3) is 2.45. The first-order chi connectivity index (χ1) is 10.2. The number of anilines is 1. The van der Waals surface area contributed by atoms with Crippen LogP contribution in [0.2, 0.25) is 0 Å². The lowest BCUT2D eigenvalue weighted by atomic mass is 9.77. The maximum absolute atomic E-state index is 12.8. The molecule has 0 spiro atoms. The van der Waals surface area contributed by atoms with Gasteiger partial charge in [0.15, 0.2) is 0 Å². The van der Waals surface area contributed by atoms with Crippen molar-refractivity contribution in [1.29, 1.82) is 0 Å². The second-order valence-electron chi connectivity index (χ2n) is 5.41. The lowest BCUT2D eigenvalue weighted by Crippen LogP contribution is -2.39. The third-order valence-electron chi connectivity index (χ3n) is 4.22. The third-order valence-corrected chi connectivity index (χ3v) is 4.22. The summed E-state index contributed by atoms with van der Waals surface area (Å²) in [5.41, 5.74) is 10.1. The van der Waals surface area contributed by atoms with E-state index in [2.05, 4.69) is 12.1 Å². The van der Waals surface area contributed by atoms with E-state index >= 15 is 0 Å². The molecule has 1 unspecified atom stereocenters. The average Bonchev–Trinajstić information content (AvgIpc) is 2.50. The SMILES string of the molecule is CCN(C(=O)C1Cc2ccccc21)c1ccc(CN)cc1. The minimum Gasteiger partial charge on any atom is -0.326 e. The number of carbonyl (C=O) groups excluding carboxylic acids is 1. The number of nitrogens with two attached hydrogens (primary N) is 1. The zero-order valence-electron chi connectivity index (χ0n) is 12.3. The van der Waals surface area contributed by atoms with Crippen LogP contribution in [-0.4, -0.2) is 12.5 Å². The number of benzene rings is 2. The molecule has 0 radical (unpaired) electrons. The van der Waals surface area contributed by atoms with Crippen LogP contribution in [0, 0.1) is 0 Å². The van der Waals surface area contributed by atoms with Crippen LogP contribution < -0.4 is 10.6 Å². The van der Waals surface area contributed by atoms with E-state index in [4.69, 9.17) is 5.73 Å². The predicted molar refractivity (Wildman–Crippen MR) is 85.2 cm³/mol. The summed E-state index contributed by atoms with van der Waals surface area (Å²) in [6, 6.07) is 16.1. The van der Waals surface area contributed by atoms with Crippen molar-refractivity contribution in [2.45, 2.75) is 25.8 Å². The molecule has 0 fully saturated rings. The molecular weight excluding hydrogens is 260 g/mol. The van der Waals surface area contributed by atoms with Crippen LogP contribution in [-0.2, 0) is 17.8 Å². The highest BCUT2D eigenvalue weighted by Crippen LogP contribution is 2.37. The quantitative estimate of drug-likeness (QED) is 0.936. The van der Waals surface area contributed by atoms with Gasteiger partial charge in [-0.3, -0.25) is 4.79 Å². The first-order valence-electron chi connectivity index (χ1n) is 7.42. The van der Waals surface area contributed by atoms with Crippen molar-refractivity contribution < 1.29 is 4.79 Å². The number of hydrogen-bond acceptors (Lipinski definition) is 2. The normalized spacial score (nSPS) is 16.0. The number of hydrogen-bond donors (Lipinski definition) is 1. The molecule has 1 aliphatic rings. The summed E-state index contributed by atoms with van der Waals surface area (Å²) in [7, 11) is 0. The van der Waals surface area contributed by atoms with Gasteiger partial charge in [-0.2, -0.15) is 0 Å². The second kappa shape index (κ2) is 5.70. The van der Waals surface area contributed by atoms with E-state index < -0.39 is 0 Å². The summed E-state index contributed by atoms with van der Waals surface area (Å²) < 4.78 is 0. The highest BCUT2D eigenvalue weighted by Gasteiger charge is 2.34. The van der Waals surface area contributed by atoms with Gasteiger partial charge in [0.25, 0.3) is 0 Å². The van der Waals surface area contributed by atoms with Crippen LogP contribution >= 0.6 is 0 Å². The topological polar surface area (TPSA) is 46.3 Å². The molecule has 1 aliphatic carbocycles. The summed E-state index contributed by atoms with van der Waals surface area (Å²) in [4.78, 5) is 14.6. The van der Waals surface area contributed by atoms with Crippen LogP contribution in [0.1, 0.15) is 29.5 Å². The molecule has 0 aromatic heterocycles. The Labute approximate surface area is 125 Å². The first kappa shape index (κ1) is 13.8. The number of likely N-dealkylation sites (N-methyl/N-ethyl adjacent to an activating group) is 1. The van der Waals surface area contributed by atoms with Gasteiger partial charge >= 0.3 is 0 Å². The monoisotopic (exact) mass is 280 g/mol. The van der Waals surface area contributed by atoms with Gasteiger partial charge in [0.1, 0.15) is 0 Å². The summed E-state index contributed by atoms with van der Waals surface area (Å²) in [5.74, 6) is 0.201. The second-order valence-corrected chi connectivity index (χ2v) is 5.41. The highest BCUT2D eigenvalue weighted by molar-refractivity contribution is 5.99. The molecule has 108 valence electrons. The molecule has 3 rings (SSSR count). The number of rotatable bonds is 4. The van der Waals surface area contributed by atoms with Crippen LogP contribution in [0.3, 0.4) is 0 Å². The summed E-state index contributed by atoms with van der Waals surface area (Å²) in [6.07, 6.45) is 0.854. The van der Waals surface area contributed by atoms with Crippen molar-refractivity contribution >= 4 is 11.6 Å². The van der Waals surface area contributed by atoms with Gasteiger partial charge in [0.2, 0.25) is 5.91 Å². The molecule has 3 nitrogen and oxygen atoms in total. The molecule has 0 heterocycles. The van der Waals surface area contributed by atoms with E-state index in [0.717, 1.165) is 17.7 Å². The molecule has 1 atom stereocenters. The fraction of sp³-hybridized carbons (Fsp3) is 0.278. The van der Waals surface area contributed by atoms with Gasteiger partial charge in [-0.05, 0) is 42.2 Å². The van der Waals surface area contributed by atoms with Crippen LogP contribution in [0.15, 0.2) is 48.5 Å². The molecule has 0 saturated carbocycles. The Morgan fingerprint density at radius 3 is 2.52 bits per heavy atom. The van der Waals surface area contributed by atoms with Crippen molar-refractivity contribution in [3.63, 3.8) is 0 Å². The highest BCUT2D eigenvalue weighted by atomic mass is 16.2. The summed E-state index contributed by atoms with van der Waals surface area (Å²) in [6.45, 7) is 3.22. The molecule has 0 saturated heterocycles. The molecule has 2 N–H and O–H groups in total. The lowest BCUT2D eigenvalue weighted by Gasteiger charge is -2.33. The number of fused-ring (bicyclic) bond motifs is 1. The van der Waals surface area contributed by atoms with E-state index in [1.54, 1.807) is 0 Å². The zero-order chi connectivity index (χ0) is 14.8. The number of carbonyl (C=O) groups is 1. The summed E-state index contributed by atoms with van der Waals surface area (Å²) in [5, 5.41) is 0. The zero-order valence-corrected chi connectivity index (χ0v) is 12.3. The Kier molecular flexibility index (Phi) is 3.76. The molecule has 21 heavy (non-hydrogen) atoms. The van der Waals surface area contributed by atoms with Gasteiger partial charge in [-0.25, -0.2) is 0 Å². The van der Waals surface area contributed by atoms with E-state index in [1.165, 1.54) is 11.1 Å². The largest absolute Gasteiger partial charge is 0.326 e. The van der Waals surface area contributed by atoms with Crippen molar-refractivity contribution in [3.8, 4) is 0 Å². The maximum Gasteiger partial charge on any atom is 0.234 e. The van der Waals surface area contributed by atoms with Crippen LogP contribution in [0.25, 0.3) is 0 Å². The smallest absolute Gasteiger partial charge is 0.234 e.